The summed E-state index contributed by atoms with van der Waals surface area (Å²) >= 11 is 0. The lowest BCUT2D eigenvalue weighted by molar-refractivity contribution is 0.0951. The molecule has 0 saturated carbocycles. The number of fused-ring (bicyclic) bond motifs is 1. The first-order chi connectivity index (χ1) is 12.3. The average molecular weight is 327 g/mol. The molecule has 0 bridgehead atoms. The van der Waals surface area contributed by atoms with Gasteiger partial charge in [0.05, 0.1) is 11.0 Å². The smallest absolute Gasteiger partial charge is 0.251 e. The molecule has 0 aliphatic carbocycles. The highest BCUT2D eigenvalue weighted by Crippen LogP contribution is 2.18. The summed E-state index contributed by atoms with van der Waals surface area (Å²) in [4.78, 5) is 16.5. The van der Waals surface area contributed by atoms with Crippen LogP contribution in [0.1, 0.15) is 15.9 Å². The fourth-order valence-electron chi connectivity index (χ4n) is 2.81. The van der Waals surface area contributed by atoms with E-state index in [-0.39, 0.29) is 5.91 Å². The third kappa shape index (κ3) is 3.15. The SMILES string of the molecule is O=C(NCc1ccc(-n2cnc3ccccc32)cc1)c1ccccc1. The molecule has 1 heterocycles. The van der Waals surface area contributed by atoms with Crippen LogP contribution < -0.4 is 5.32 Å². The Morgan fingerprint density at radius 3 is 2.40 bits per heavy atom. The van der Waals surface area contributed by atoms with Crippen molar-refractivity contribution < 1.29 is 4.79 Å². The van der Waals surface area contributed by atoms with Gasteiger partial charge in [0.2, 0.25) is 0 Å². The maximum atomic E-state index is 12.1. The summed E-state index contributed by atoms with van der Waals surface area (Å²) in [6.45, 7) is 0.499. The predicted octanol–water partition coefficient (Wildman–Crippen LogP) is 3.96. The van der Waals surface area contributed by atoms with E-state index in [1.807, 2.05) is 79.1 Å². The van der Waals surface area contributed by atoms with Crippen LogP contribution in [0.4, 0.5) is 0 Å². The first-order valence-electron chi connectivity index (χ1n) is 8.16. The zero-order valence-corrected chi connectivity index (χ0v) is 13.6. The fraction of sp³-hybridized carbons (Fsp3) is 0.0476. The van der Waals surface area contributed by atoms with E-state index in [1.54, 1.807) is 0 Å². The zero-order chi connectivity index (χ0) is 17.1. The Morgan fingerprint density at radius 1 is 0.880 bits per heavy atom. The largest absolute Gasteiger partial charge is 0.348 e. The summed E-state index contributed by atoms with van der Waals surface area (Å²) < 4.78 is 2.06. The Balaban J connectivity index is 1.48. The van der Waals surface area contributed by atoms with Gasteiger partial charge in [0.25, 0.3) is 5.91 Å². The van der Waals surface area contributed by atoms with Gasteiger partial charge in [-0.25, -0.2) is 4.98 Å². The number of carbonyl (C=O) groups excluding carboxylic acids is 1. The predicted molar refractivity (Wildman–Crippen MR) is 98.7 cm³/mol. The summed E-state index contributed by atoms with van der Waals surface area (Å²) in [5, 5.41) is 2.94. The van der Waals surface area contributed by atoms with Crippen LogP contribution in [0.3, 0.4) is 0 Å². The number of benzene rings is 3. The van der Waals surface area contributed by atoms with Gasteiger partial charge in [0, 0.05) is 17.8 Å². The second kappa shape index (κ2) is 6.61. The maximum absolute atomic E-state index is 12.1. The van der Waals surface area contributed by atoms with Gasteiger partial charge >= 0.3 is 0 Å². The summed E-state index contributed by atoms with van der Waals surface area (Å²) in [5.41, 5.74) is 4.82. The van der Waals surface area contributed by atoms with Crippen molar-refractivity contribution in [2.24, 2.45) is 0 Å². The van der Waals surface area contributed by atoms with Crippen LogP contribution in [0, 0.1) is 0 Å². The molecule has 4 aromatic rings. The molecule has 122 valence electrons. The molecule has 4 rings (SSSR count). The van der Waals surface area contributed by atoms with Gasteiger partial charge in [0.1, 0.15) is 6.33 Å². The molecule has 0 aliphatic heterocycles. The van der Waals surface area contributed by atoms with Crippen molar-refractivity contribution in [3.8, 4) is 5.69 Å². The topological polar surface area (TPSA) is 46.9 Å². The quantitative estimate of drug-likeness (QED) is 0.617. The Morgan fingerprint density at radius 2 is 1.60 bits per heavy atom. The molecule has 0 spiro atoms. The van der Waals surface area contributed by atoms with Crippen molar-refractivity contribution in [3.05, 3.63) is 96.3 Å². The number of aromatic nitrogens is 2. The van der Waals surface area contributed by atoms with Crippen LogP contribution in [0.2, 0.25) is 0 Å². The highest BCUT2D eigenvalue weighted by atomic mass is 16.1. The van der Waals surface area contributed by atoms with Crippen molar-refractivity contribution in [2.45, 2.75) is 6.54 Å². The van der Waals surface area contributed by atoms with Crippen molar-refractivity contribution in [1.82, 2.24) is 14.9 Å². The summed E-state index contributed by atoms with van der Waals surface area (Å²) in [6.07, 6.45) is 1.83. The summed E-state index contributed by atoms with van der Waals surface area (Å²) in [6, 6.07) is 25.4. The minimum atomic E-state index is -0.0646. The number of rotatable bonds is 4. The lowest BCUT2D eigenvalue weighted by Crippen LogP contribution is -2.22. The second-order valence-electron chi connectivity index (χ2n) is 5.82. The molecule has 0 aliphatic rings. The molecule has 0 fully saturated rings. The number of nitrogens with zero attached hydrogens (tertiary/aromatic N) is 2. The second-order valence-corrected chi connectivity index (χ2v) is 5.82. The number of imidazole rings is 1. The molecule has 25 heavy (non-hydrogen) atoms. The van der Waals surface area contributed by atoms with Crippen molar-refractivity contribution in [3.63, 3.8) is 0 Å². The Bertz CT molecular complexity index is 1000. The summed E-state index contributed by atoms with van der Waals surface area (Å²) in [5.74, 6) is -0.0646. The number of nitrogens with one attached hydrogen (secondary N) is 1. The number of amides is 1. The van der Waals surface area contributed by atoms with Crippen molar-refractivity contribution in [2.75, 3.05) is 0 Å². The van der Waals surface area contributed by atoms with Gasteiger partial charge in [0.15, 0.2) is 0 Å². The third-order valence-electron chi connectivity index (χ3n) is 4.16. The van der Waals surface area contributed by atoms with E-state index in [0.29, 0.717) is 12.1 Å². The van der Waals surface area contributed by atoms with Crippen LogP contribution in [0.5, 0.6) is 0 Å². The number of hydrogen-bond acceptors (Lipinski definition) is 2. The van der Waals surface area contributed by atoms with Crippen LogP contribution in [-0.4, -0.2) is 15.5 Å². The van der Waals surface area contributed by atoms with E-state index in [2.05, 4.69) is 20.9 Å². The molecule has 1 amide bonds. The van der Waals surface area contributed by atoms with Crippen LogP contribution in [0.25, 0.3) is 16.7 Å². The molecule has 0 atom stereocenters. The highest BCUT2D eigenvalue weighted by molar-refractivity contribution is 5.94. The molecule has 0 unspecified atom stereocenters. The van der Waals surface area contributed by atoms with Gasteiger partial charge in [-0.05, 0) is 42.0 Å². The van der Waals surface area contributed by atoms with Crippen LogP contribution in [0.15, 0.2) is 85.2 Å². The molecule has 4 heteroatoms. The molecule has 1 aromatic heterocycles. The number of para-hydroxylation sites is 2. The molecule has 0 radical (unpaired) electrons. The number of hydrogen-bond donors (Lipinski definition) is 1. The maximum Gasteiger partial charge on any atom is 0.251 e. The van der Waals surface area contributed by atoms with Gasteiger partial charge < -0.3 is 5.32 Å². The molecule has 3 aromatic carbocycles. The van der Waals surface area contributed by atoms with Crippen LogP contribution in [-0.2, 0) is 6.54 Å². The highest BCUT2D eigenvalue weighted by Gasteiger charge is 2.06. The Kier molecular flexibility index (Phi) is 4.01. The minimum Gasteiger partial charge on any atom is -0.348 e. The van der Waals surface area contributed by atoms with Gasteiger partial charge in [-0.2, -0.15) is 0 Å². The normalized spacial score (nSPS) is 10.7. The van der Waals surface area contributed by atoms with Crippen LogP contribution >= 0.6 is 0 Å². The van der Waals surface area contributed by atoms with E-state index in [9.17, 15) is 4.79 Å². The fourth-order valence-corrected chi connectivity index (χ4v) is 2.81. The van der Waals surface area contributed by atoms with E-state index in [1.165, 1.54) is 0 Å². The number of carbonyl (C=O) groups is 1. The van der Waals surface area contributed by atoms with Crippen molar-refractivity contribution >= 4 is 16.9 Å². The molecule has 1 N–H and O–H groups in total. The van der Waals surface area contributed by atoms with Gasteiger partial charge in [-0.3, -0.25) is 9.36 Å². The van der Waals surface area contributed by atoms with E-state index >= 15 is 0 Å². The average Bonchev–Trinajstić information content (AvgIpc) is 3.11. The monoisotopic (exact) mass is 327 g/mol. The lowest BCUT2D eigenvalue weighted by Gasteiger charge is -2.08. The van der Waals surface area contributed by atoms with E-state index < -0.39 is 0 Å². The molecular weight excluding hydrogens is 310 g/mol. The standard InChI is InChI=1S/C21H17N3O/c25-21(17-6-2-1-3-7-17)22-14-16-10-12-18(13-11-16)24-15-23-19-8-4-5-9-20(19)24/h1-13,15H,14H2,(H,22,25). The first-order valence-corrected chi connectivity index (χ1v) is 8.16. The van der Waals surface area contributed by atoms with E-state index in [4.69, 9.17) is 0 Å². The van der Waals surface area contributed by atoms with Gasteiger partial charge in [-0.15, -0.1) is 0 Å². The van der Waals surface area contributed by atoms with Gasteiger partial charge in [-0.1, -0.05) is 42.5 Å². The minimum absolute atomic E-state index is 0.0646. The van der Waals surface area contributed by atoms with E-state index in [0.717, 1.165) is 22.3 Å². The molecule has 4 nitrogen and oxygen atoms in total. The van der Waals surface area contributed by atoms with Crippen molar-refractivity contribution in [1.29, 1.82) is 0 Å². The molecular formula is C21H17N3O. The third-order valence-corrected chi connectivity index (χ3v) is 4.16. The first kappa shape index (κ1) is 15.1. The summed E-state index contributed by atoms with van der Waals surface area (Å²) in [7, 11) is 0. The zero-order valence-electron chi connectivity index (χ0n) is 13.6. The molecule has 0 saturated heterocycles. The lowest BCUT2D eigenvalue weighted by atomic mass is 10.2. The Labute approximate surface area is 145 Å². The Hall–Kier alpha value is -3.40.